The van der Waals surface area contributed by atoms with Crippen molar-refractivity contribution in [2.24, 2.45) is 0 Å². The predicted octanol–water partition coefficient (Wildman–Crippen LogP) is 2.35. The molecule has 0 aromatic rings. The number of carboxylic acids is 2. The van der Waals surface area contributed by atoms with Gasteiger partial charge in [0.25, 0.3) is 0 Å². The molecule has 0 amide bonds. The highest BCUT2D eigenvalue weighted by Crippen LogP contribution is 2.27. The Morgan fingerprint density at radius 3 is 2.21 bits per heavy atom. The number of hydrogen-bond acceptors (Lipinski definition) is 3. The molecule has 1 saturated heterocycles. The van der Waals surface area contributed by atoms with Crippen molar-refractivity contribution in [1.82, 2.24) is 4.90 Å². The zero-order valence-corrected chi connectivity index (χ0v) is 11.8. The summed E-state index contributed by atoms with van der Waals surface area (Å²) < 4.78 is 0. The van der Waals surface area contributed by atoms with Gasteiger partial charge in [0.15, 0.2) is 0 Å². The number of nitrogens with zero attached hydrogens (tertiary/aromatic N) is 1. The molecule has 0 aromatic heterocycles. The second kappa shape index (κ2) is 7.48. The third-order valence-corrected chi connectivity index (χ3v) is 4.02. The Hall–Kier alpha value is -1.10. The summed E-state index contributed by atoms with van der Waals surface area (Å²) in [5.41, 5.74) is 0. The van der Waals surface area contributed by atoms with Gasteiger partial charge in [0.1, 0.15) is 6.04 Å². The fraction of sp³-hybridized carbons (Fsp3) is 0.857. The van der Waals surface area contributed by atoms with E-state index in [4.69, 9.17) is 5.11 Å². The van der Waals surface area contributed by atoms with E-state index in [2.05, 4.69) is 18.7 Å². The smallest absolute Gasteiger partial charge is 0.320 e. The molecule has 0 radical (unpaired) electrons. The van der Waals surface area contributed by atoms with Crippen LogP contribution in [0.1, 0.15) is 58.8 Å². The number of hydrogen-bond donors (Lipinski definition) is 2. The molecule has 1 aliphatic heterocycles. The zero-order chi connectivity index (χ0) is 14.4. The van der Waals surface area contributed by atoms with Crippen LogP contribution in [-0.4, -0.2) is 45.2 Å². The third-order valence-electron chi connectivity index (χ3n) is 4.02. The van der Waals surface area contributed by atoms with Gasteiger partial charge in [0, 0.05) is 18.5 Å². The summed E-state index contributed by atoms with van der Waals surface area (Å²) in [5.74, 6) is -1.59. The molecule has 1 fully saturated rings. The van der Waals surface area contributed by atoms with Crippen molar-refractivity contribution in [2.45, 2.75) is 76.9 Å². The first-order chi connectivity index (χ1) is 8.93. The number of unbranched alkanes of at least 4 members (excludes halogenated alkanes) is 1. The Kier molecular flexibility index (Phi) is 6.28. The van der Waals surface area contributed by atoms with Crippen LogP contribution < -0.4 is 0 Å². The minimum atomic E-state index is -0.813. The summed E-state index contributed by atoms with van der Waals surface area (Å²) in [4.78, 5) is 24.0. The van der Waals surface area contributed by atoms with E-state index in [9.17, 15) is 14.7 Å². The Bertz CT molecular complexity index is 309. The number of rotatable bonds is 7. The molecule has 2 N–H and O–H groups in total. The maximum Gasteiger partial charge on any atom is 0.320 e. The Labute approximate surface area is 114 Å². The van der Waals surface area contributed by atoms with Crippen molar-refractivity contribution in [3.8, 4) is 0 Å². The highest BCUT2D eigenvalue weighted by molar-refractivity contribution is 5.73. The standard InChI is InChI=1S/C14H25NO4/c1-10-6-5-7-11(2)15(10)12(14(18)19)8-3-4-9-13(16)17/h10-12H,3-9H2,1-2H3,(H,16,17)(H,18,19). The fourth-order valence-electron chi connectivity index (χ4n) is 3.07. The van der Waals surface area contributed by atoms with Crippen LogP contribution in [-0.2, 0) is 9.59 Å². The van der Waals surface area contributed by atoms with Gasteiger partial charge in [-0.05, 0) is 39.5 Å². The lowest BCUT2D eigenvalue weighted by Gasteiger charge is -2.42. The average Bonchev–Trinajstić information content (AvgIpc) is 2.30. The summed E-state index contributed by atoms with van der Waals surface area (Å²) in [6.45, 7) is 4.17. The predicted molar refractivity (Wildman–Crippen MR) is 72.1 cm³/mol. The van der Waals surface area contributed by atoms with Crippen molar-refractivity contribution in [3.05, 3.63) is 0 Å². The Morgan fingerprint density at radius 2 is 1.74 bits per heavy atom. The van der Waals surface area contributed by atoms with Gasteiger partial charge in [0.2, 0.25) is 0 Å². The second-order valence-corrected chi connectivity index (χ2v) is 5.57. The maximum absolute atomic E-state index is 11.5. The molecule has 5 heteroatoms. The van der Waals surface area contributed by atoms with Crippen molar-refractivity contribution in [2.75, 3.05) is 0 Å². The number of likely N-dealkylation sites (tertiary alicyclic amines) is 1. The van der Waals surface area contributed by atoms with Gasteiger partial charge in [-0.15, -0.1) is 0 Å². The van der Waals surface area contributed by atoms with Gasteiger partial charge in [-0.3, -0.25) is 14.5 Å². The van der Waals surface area contributed by atoms with Crippen LogP contribution in [0, 0.1) is 0 Å². The molecular formula is C14H25NO4. The molecule has 1 aliphatic rings. The highest BCUT2D eigenvalue weighted by Gasteiger charge is 2.34. The van der Waals surface area contributed by atoms with Crippen molar-refractivity contribution in [1.29, 1.82) is 0 Å². The van der Waals surface area contributed by atoms with Crippen LogP contribution in [0.2, 0.25) is 0 Å². The Morgan fingerprint density at radius 1 is 1.16 bits per heavy atom. The van der Waals surface area contributed by atoms with E-state index < -0.39 is 18.0 Å². The normalized spacial score (nSPS) is 26.0. The SMILES string of the molecule is CC1CCCC(C)N1C(CCCCC(=O)O)C(=O)O. The van der Waals surface area contributed by atoms with E-state index in [1.165, 1.54) is 0 Å². The van der Waals surface area contributed by atoms with Crippen molar-refractivity contribution < 1.29 is 19.8 Å². The fourth-order valence-corrected chi connectivity index (χ4v) is 3.07. The van der Waals surface area contributed by atoms with E-state index in [1.54, 1.807) is 0 Å². The lowest BCUT2D eigenvalue weighted by atomic mass is 9.93. The van der Waals surface area contributed by atoms with Crippen LogP contribution in [0.3, 0.4) is 0 Å². The number of carboxylic acid groups (broad SMARTS) is 2. The summed E-state index contributed by atoms with van der Waals surface area (Å²) in [6.07, 6.45) is 5.11. The summed E-state index contributed by atoms with van der Waals surface area (Å²) in [6, 6.07) is 0.118. The molecule has 1 rings (SSSR count). The molecule has 0 spiro atoms. The monoisotopic (exact) mass is 271 g/mol. The van der Waals surface area contributed by atoms with Gasteiger partial charge >= 0.3 is 11.9 Å². The molecule has 1 heterocycles. The van der Waals surface area contributed by atoms with Crippen LogP contribution in [0.5, 0.6) is 0 Å². The number of piperidine rings is 1. The molecule has 3 unspecified atom stereocenters. The largest absolute Gasteiger partial charge is 0.481 e. The second-order valence-electron chi connectivity index (χ2n) is 5.57. The van der Waals surface area contributed by atoms with Gasteiger partial charge in [0.05, 0.1) is 0 Å². The van der Waals surface area contributed by atoms with Crippen molar-refractivity contribution >= 4 is 11.9 Å². The lowest BCUT2D eigenvalue weighted by molar-refractivity contribution is -0.146. The average molecular weight is 271 g/mol. The first-order valence-corrected chi connectivity index (χ1v) is 7.15. The van der Waals surface area contributed by atoms with E-state index in [0.29, 0.717) is 31.3 Å². The minimum Gasteiger partial charge on any atom is -0.481 e. The molecule has 0 saturated carbocycles. The van der Waals surface area contributed by atoms with Gasteiger partial charge in [-0.25, -0.2) is 0 Å². The summed E-state index contributed by atoms with van der Waals surface area (Å²) in [5, 5.41) is 18.0. The topological polar surface area (TPSA) is 77.8 Å². The summed E-state index contributed by atoms with van der Waals surface area (Å²) >= 11 is 0. The number of aliphatic carboxylic acids is 2. The van der Waals surface area contributed by atoms with Crippen LogP contribution in [0.25, 0.3) is 0 Å². The number of carbonyl (C=O) groups is 2. The van der Waals surface area contributed by atoms with Gasteiger partial charge in [-0.1, -0.05) is 12.8 Å². The van der Waals surface area contributed by atoms with Gasteiger partial charge in [-0.2, -0.15) is 0 Å². The van der Waals surface area contributed by atoms with Crippen molar-refractivity contribution in [3.63, 3.8) is 0 Å². The van der Waals surface area contributed by atoms with Gasteiger partial charge < -0.3 is 10.2 Å². The molecule has 0 aromatic carbocycles. The first-order valence-electron chi connectivity index (χ1n) is 7.15. The molecule has 0 bridgehead atoms. The summed E-state index contributed by atoms with van der Waals surface area (Å²) in [7, 11) is 0. The molecular weight excluding hydrogens is 246 g/mol. The first kappa shape index (κ1) is 16.0. The molecule has 110 valence electrons. The van der Waals surface area contributed by atoms with E-state index in [0.717, 1.165) is 19.3 Å². The maximum atomic E-state index is 11.5. The van der Waals surface area contributed by atoms with Crippen LogP contribution in [0.4, 0.5) is 0 Å². The third kappa shape index (κ3) is 4.82. The quantitative estimate of drug-likeness (QED) is 0.695. The lowest BCUT2D eigenvalue weighted by Crippen LogP contribution is -2.52. The minimum absolute atomic E-state index is 0.122. The molecule has 19 heavy (non-hydrogen) atoms. The zero-order valence-electron chi connectivity index (χ0n) is 11.8. The van der Waals surface area contributed by atoms with E-state index >= 15 is 0 Å². The van der Waals surface area contributed by atoms with Crippen LogP contribution >= 0.6 is 0 Å². The highest BCUT2D eigenvalue weighted by atomic mass is 16.4. The molecule has 5 nitrogen and oxygen atoms in total. The molecule has 3 atom stereocenters. The van der Waals surface area contributed by atoms with E-state index in [1.807, 2.05) is 0 Å². The molecule has 0 aliphatic carbocycles. The van der Waals surface area contributed by atoms with E-state index in [-0.39, 0.29) is 6.42 Å². The van der Waals surface area contributed by atoms with Crippen LogP contribution in [0.15, 0.2) is 0 Å². The Balaban J connectivity index is 2.55.